The summed E-state index contributed by atoms with van der Waals surface area (Å²) in [5.41, 5.74) is 8.70. The van der Waals surface area contributed by atoms with E-state index in [-0.39, 0.29) is 240 Å². The number of ether oxygens (including phenoxy) is 7. The molecule has 0 spiro atoms. The second kappa shape index (κ2) is 77.6. The molecule has 5 aromatic rings. The second-order valence-electron chi connectivity index (χ2n) is 21.2. The predicted octanol–water partition coefficient (Wildman–Crippen LogP) is 2.49. The van der Waals surface area contributed by atoms with E-state index in [0.29, 0.717) is 5.75 Å². The van der Waals surface area contributed by atoms with Crippen LogP contribution in [0.25, 0.3) is 4.85 Å². The van der Waals surface area contributed by atoms with Crippen LogP contribution in [-0.2, 0) is 115 Å². The van der Waals surface area contributed by atoms with E-state index >= 15 is 0 Å². The molecule has 2 amide bonds. The van der Waals surface area contributed by atoms with Crippen LogP contribution in [0, 0.1) is 103 Å². The first-order valence-corrected chi connectivity index (χ1v) is 39.0. The van der Waals surface area contributed by atoms with Gasteiger partial charge in [-0.3, -0.25) is 48.2 Å². The van der Waals surface area contributed by atoms with Crippen molar-refractivity contribution in [1.29, 1.82) is 22.4 Å². The van der Waals surface area contributed by atoms with Crippen LogP contribution in [0.15, 0.2) is 153 Å². The number of thiol groups is 1. The van der Waals surface area contributed by atoms with Crippen molar-refractivity contribution in [1.82, 2.24) is 15.1 Å². The van der Waals surface area contributed by atoms with Crippen molar-refractivity contribution in [3.05, 3.63) is 200 Å². The number of fused-ring (bicyclic) bond motifs is 2. The normalized spacial score (nSPS) is 12.1. The Morgan fingerprint density at radius 3 is 1.46 bits per heavy atom. The molecule has 632 valence electrons. The summed E-state index contributed by atoms with van der Waals surface area (Å²) in [7, 11) is 12.3. The number of amides is 2. The molecule has 2 fully saturated rings. The minimum absolute atomic E-state index is 0. The number of para-hydroxylation sites is 1. The first-order chi connectivity index (χ1) is 55.8. The number of nitrogens with one attached hydrogen (secondary N) is 1. The zero-order valence-electron chi connectivity index (χ0n) is 68.6. The molecule has 1 aliphatic carbocycles. The Morgan fingerprint density at radius 2 is 1.09 bits per heavy atom. The average molecular weight is 2320 g/mol. The Morgan fingerprint density at radius 1 is 0.658 bits per heavy atom. The number of methoxy groups -OCH3 is 7. The third kappa shape index (κ3) is 55.1. The molecule has 0 saturated carbocycles. The molecule has 9 rings (SSSR count). The number of aliphatic carboxylic acids is 2. The Kier molecular flexibility index (Phi) is 80.5. The molecule has 4 aliphatic rings. The molecule has 2 saturated heterocycles. The van der Waals surface area contributed by atoms with Gasteiger partial charge in [0.1, 0.15) is 70.1 Å². The fourth-order valence-corrected chi connectivity index (χ4v) is 11.6. The molecule has 0 atom stereocenters. The average Bonchev–Trinajstić information content (AvgIpc) is 1.69. The number of carbonyl (C=O) groups excluding carboxylic acids is 10. The molecule has 0 aromatic heterocycles. The van der Waals surface area contributed by atoms with Crippen LogP contribution in [0.2, 0.25) is 0 Å². The van der Waals surface area contributed by atoms with Gasteiger partial charge >= 0.3 is 163 Å². The van der Waals surface area contributed by atoms with Gasteiger partial charge in [0.25, 0.3) is 6.47 Å². The van der Waals surface area contributed by atoms with Crippen LogP contribution in [0.4, 0.5) is 11.4 Å². The summed E-state index contributed by atoms with van der Waals surface area (Å²) in [6, 6.07) is 46.4. The van der Waals surface area contributed by atoms with Gasteiger partial charge in [0.15, 0.2) is 16.7 Å². The van der Waals surface area contributed by atoms with Crippen molar-refractivity contribution >= 4 is 213 Å². The van der Waals surface area contributed by atoms with E-state index in [0.717, 1.165) is 75.8 Å². The van der Waals surface area contributed by atoms with E-state index in [1.807, 2.05) is 12.1 Å². The number of hydrogen-bond acceptors (Lipinski definition) is 32. The summed E-state index contributed by atoms with van der Waals surface area (Å²) in [5.74, 6) is -7.09. The quantitative estimate of drug-likeness (QED) is 0.00756. The number of carboxylic acid groups (broad SMARTS) is 2. The number of rotatable bonds is 16. The number of thiocyanates is 1. The number of nitrogens with zero attached hydrogens (tertiary/aromatic N) is 8. The van der Waals surface area contributed by atoms with Gasteiger partial charge < -0.3 is 75.1 Å². The summed E-state index contributed by atoms with van der Waals surface area (Å²) >= 11 is 14.0. The third-order valence-electron chi connectivity index (χ3n) is 13.6. The maximum atomic E-state index is 11.6. The van der Waals surface area contributed by atoms with Crippen molar-refractivity contribution in [3.8, 4) is 29.4 Å². The van der Waals surface area contributed by atoms with Crippen LogP contribution >= 0.6 is 121 Å². The molecule has 0 bridgehead atoms. The van der Waals surface area contributed by atoms with E-state index in [4.69, 9.17) is 54.3 Å². The van der Waals surface area contributed by atoms with Crippen molar-refractivity contribution in [2.75, 3.05) is 110 Å². The monoisotopic (exact) mass is 2320 g/mol. The number of carboxylic acids is 2. The number of thioether (sulfide) groups is 3. The molecule has 2 radical (unpaired) electrons. The number of hydrogen-bond donors (Lipinski definition) is 5. The largest absolute Gasteiger partial charge is 1.00 e. The molecule has 45 heteroatoms. The fraction of sp³-hybridized carbons (Fsp3) is 0.293. The standard InChI is InChI=1S/C15H15N.C10H10N2O5S.C9H10.C8H6N2O5S.C8H10N2O4S.C7H7I.C6H5IO.C4H5NO2S.C4H5NO2.C3H5BrO2.CH2O3.BH.ClH.2K.U.H/c1-12-6-8-14(9-7-12)16-11-10-13-4-2-3-5-15(13)16;1-16-8(14)4-12-7(13)5-18-9(12)6(3-11)10(15)17-2;1-2-5-9-7-3-6-8(9)4-1;9-1-4(8(14)15)7-10(2-6(12)13)5(11)3-16-7;1-13-6(11)4-10-7(15)5(3-9)8(12)14-2;1-6-2-4-7(8)5-3-6;7-5-1-3-6(8)4-2-5;1-7-4(6)2-8-3-5;1-5-3-4(6)7-2;1-6-3(5)2-4;2-1-4-3;;;;;;/h2-9H,10-11H2,1H3;4-5H2,1-2H3;1-2,4-5H,3,6-7H2;2-3H2,(H,12,13)(H,14,15);10,15H,4H2,1-2H3;2-5H,1H3;1-4,8H;2H2,1H3;3H2,2H3;2H2,1H3;1,3H;2*1H;;;;/q;;;;;;;;;;;;;2*+1;;-1/p-1/b;9-6+;;7-4+;7-5+;;;;;;;;;;;;/i;;;;;;;;;;;1D;;;;;. The summed E-state index contributed by atoms with van der Waals surface area (Å²) in [6.45, 7) is 9.97. The van der Waals surface area contributed by atoms with Crippen LogP contribution in [0.1, 0.15) is 35.7 Å². The van der Waals surface area contributed by atoms with Gasteiger partial charge in [0.2, 0.25) is 11.8 Å². The van der Waals surface area contributed by atoms with Gasteiger partial charge in [-0.15, -0.1) is 25.0 Å². The number of carbonyl (C=O) groups is 12. The molecular formula is C75H82BBrClI2K2N9O24S4U. The molecule has 0 unspecified atom stereocenters. The smallest absolute Gasteiger partial charge is 1.00 e. The first-order valence-electron chi connectivity index (χ1n) is 32.9. The van der Waals surface area contributed by atoms with E-state index in [1.165, 1.54) is 92.5 Å². The number of nitriles is 4. The van der Waals surface area contributed by atoms with Gasteiger partial charge in [-0.1, -0.05) is 117 Å². The fourth-order valence-electron chi connectivity index (χ4n) is 8.10. The SMILES string of the molecule is COC(=O)CBr.COC(=O)CN/C(S)=C(/C#N)C(=O)OC.COC(=O)CN1C(=O)CS/C1=C(\C#N)C(=O)OC.COC(=O)CSC#N.Cc1ccc(I)cc1.Cc1ccc(N2CCc3ccccc32)cc1.Cl.N#C/C(C(=O)O)=C1\SCC(=O)N1CC(=O)O.O=CO[O-].Oc1ccc(I)cc1.[2H][B].[C-]#[N+]CC(=O)OC.[H-].[K+].[K+].[U].c1ccc2c(c1)CCC2. The van der Waals surface area contributed by atoms with Gasteiger partial charge in [0.05, 0.1) is 66.3 Å². The van der Waals surface area contributed by atoms with E-state index in [1.54, 1.807) is 40.8 Å². The number of phenols is 1. The molecule has 5 aromatic carbocycles. The number of benzene rings is 5. The maximum Gasteiger partial charge on any atom is 1.00 e. The Hall–Kier alpha value is -6.21. The van der Waals surface area contributed by atoms with E-state index in [2.05, 4.69) is 246 Å². The summed E-state index contributed by atoms with van der Waals surface area (Å²) in [4.78, 5) is 137. The van der Waals surface area contributed by atoms with Gasteiger partial charge in [-0.25, -0.2) is 25.8 Å². The number of alkyl halides is 1. The van der Waals surface area contributed by atoms with Gasteiger partial charge in [0, 0.05) is 64.5 Å². The predicted molar refractivity (Wildman–Crippen MR) is 460 cm³/mol. The molecule has 4 N–H and O–H groups in total. The zero-order valence-corrected chi connectivity index (χ0v) is 87.1. The summed E-state index contributed by atoms with van der Waals surface area (Å²) in [5, 5.41) is 72.9. The minimum Gasteiger partial charge on any atom is -1.00 e. The topological polar surface area (TPSA) is 484 Å². The molecule has 3 aliphatic heterocycles. The third-order valence-corrected chi connectivity index (χ3v) is 18.5. The van der Waals surface area contributed by atoms with Crippen molar-refractivity contribution in [2.45, 2.75) is 39.5 Å². The zero-order chi connectivity index (χ0) is 89.4. The van der Waals surface area contributed by atoms with Crippen LogP contribution < -0.4 is 118 Å². The summed E-state index contributed by atoms with van der Waals surface area (Å²) < 4.78 is 37.8. The minimum atomic E-state index is -1.48. The van der Waals surface area contributed by atoms with Crippen LogP contribution in [0.3, 0.4) is 0 Å². The molecule has 33 nitrogen and oxygen atoms in total. The molecular weight excluding hydrogens is 2240 g/mol. The number of aromatic hydroxyl groups is 1. The number of anilines is 2. The Labute approximate surface area is 868 Å². The Balaban J connectivity index is -0.000000198. The number of aryl methyl sites for hydroxylation is 4. The Bertz CT molecular complexity index is 4310. The molecule has 120 heavy (non-hydrogen) atoms. The van der Waals surface area contributed by atoms with Crippen molar-refractivity contribution < 1.29 is 251 Å². The van der Waals surface area contributed by atoms with Crippen LogP contribution in [0.5, 0.6) is 5.75 Å². The number of esters is 7. The van der Waals surface area contributed by atoms with Crippen molar-refractivity contribution in [2.24, 2.45) is 0 Å². The van der Waals surface area contributed by atoms with Gasteiger partial charge in [-0.05, 0) is 169 Å². The number of phenolic OH excluding ortho intramolecular Hbond substituents is 1. The van der Waals surface area contributed by atoms with Gasteiger partial charge in [-0.2, -0.15) is 21.0 Å². The van der Waals surface area contributed by atoms with Crippen LogP contribution in [-0.4, -0.2) is 212 Å². The van der Waals surface area contributed by atoms with E-state index < -0.39 is 59.8 Å². The van der Waals surface area contributed by atoms with E-state index in [9.17, 15) is 52.7 Å². The number of halogens is 4. The molecule has 3 heterocycles. The second-order valence-corrected chi connectivity index (χ2v) is 27.3. The summed E-state index contributed by atoms with van der Waals surface area (Å²) in [6.07, 6.45) is 5.12. The van der Waals surface area contributed by atoms with Crippen molar-refractivity contribution in [3.63, 3.8) is 0 Å². The maximum absolute atomic E-state index is 11.6. The first kappa shape index (κ1) is 125.